The van der Waals surface area contributed by atoms with Gasteiger partial charge in [0.25, 0.3) is 0 Å². The van der Waals surface area contributed by atoms with Crippen LogP contribution in [0.3, 0.4) is 0 Å². The maximum atomic E-state index is 9.62. The van der Waals surface area contributed by atoms with Gasteiger partial charge in [-0.25, -0.2) is 0 Å². The standard InChI is InChI=1S/C17H28O/c1-14(2)10-7-5-4-6-8-11-16-12-9-13-17(18)15(16)3/h9,12-14,18H,4-8,10-11H2,1-3H3. The van der Waals surface area contributed by atoms with Crippen LogP contribution in [0.15, 0.2) is 18.2 Å². The predicted octanol–water partition coefficient (Wildman–Crippen LogP) is 5.24. The van der Waals surface area contributed by atoms with Crippen LogP contribution in [0.5, 0.6) is 5.75 Å². The van der Waals surface area contributed by atoms with Crippen molar-refractivity contribution in [1.82, 2.24) is 0 Å². The minimum absolute atomic E-state index is 0.435. The Kier molecular flexibility index (Phi) is 6.85. The molecule has 0 atom stereocenters. The highest BCUT2D eigenvalue weighted by molar-refractivity contribution is 5.37. The van der Waals surface area contributed by atoms with Gasteiger partial charge in [-0.1, -0.05) is 58.1 Å². The molecule has 0 spiro atoms. The van der Waals surface area contributed by atoms with Gasteiger partial charge in [-0.2, -0.15) is 0 Å². The molecule has 0 fully saturated rings. The first-order chi connectivity index (χ1) is 8.61. The van der Waals surface area contributed by atoms with Gasteiger partial charge in [0.05, 0.1) is 0 Å². The third-order valence-corrected chi connectivity index (χ3v) is 3.64. The maximum absolute atomic E-state index is 9.62. The van der Waals surface area contributed by atoms with Crippen LogP contribution < -0.4 is 0 Å². The Labute approximate surface area is 112 Å². The van der Waals surface area contributed by atoms with Crippen LogP contribution in [0.1, 0.15) is 63.5 Å². The summed E-state index contributed by atoms with van der Waals surface area (Å²) in [7, 11) is 0. The van der Waals surface area contributed by atoms with E-state index in [1.807, 2.05) is 13.0 Å². The first-order valence-electron chi connectivity index (χ1n) is 7.38. The Morgan fingerprint density at radius 2 is 1.67 bits per heavy atom. The molecule has 0 aromatic heterocycles. The topological polar surface area (TPSA) is 20.2 Å². The summed E-state index contributed by atoms with van der Waals surface area (Å²) < 4.78 is 0. The minimum atomic E-state index is 0.435. The van der Waals surface area contributed by atoms with E-state index in [-0.39, 0.29) is 0 Å². The molecule has 0 saturated heterocycles. The number of aryl methyl sites for hydroxylation is 1. The number of phenolic OH excluding ortho intramolecular Hbond substituents is 1. The summed E-state index contributed by atoms with van der Waals surface area (Å²) in [6, 6.07) is 5.85. The van der Waals surface area contributed by atoms with Gasteiger partial charge in [-0.3, -0.25) is 0 Å². The molecule has 0 heterocycles. The average Bonchev–Trinajstić information content (AvgIpc) is 2.32. The molecule has 1 rings (SSSR count). The van der Waals surface area contributed by atoms with Crippen LogP contribution in [-0.4, -0.2) is 5.11 Å². The molecule has 0 bridgehead atoms. The molecule has 1 aromatic carbocycles. The number of hydrogen-bond donors (Lipinski definition) is 1. The summed E-state index contributed by atoms with van der Waals surface area (Å²) in [6.45, 7) is 6.60. The zero-order valence-corrected chi connectivity index (χ0v) is 12.2. The van der Waals surface area contributed by atoms with Gasteiger partial charge in [-0.05, 0) is 42.9 Å². The molecular weight excluding hydrogens is 220 g/mol. The van der Waals surface area contributed by atoms with Crippen LogP contribution >= 0.6 is 0 Å². The summed E-state index contributed by atoms with van der Waals surface area (Å²) in [5.41, 5.74) is 2.36. The van der Waals surface area contributed by atoms with E-state index in [0.29, 0.717) is 5.75 Å². The fraction of sp³-hybridized carbons (Fsp3) is 0.647. The highest BCUT2D eigenvalue weighted by Gasteiger charge is 2.02. The van der Waals surface area contributed by atoms with Crippen molar-refractivity contribution < 1.29 is 5.11 Å². The summed E-state index contributed by atoms with van der Waals surface area (Å²) >= 11 is 0. The Hall–Kier alpha value is -0.980. The van der Waals surface area contributed by atoms with Gasteiger partial charge in [0.1, 0.15) is 5.75 Å². The molecule has 1 nitrogen and oxygen atoms in total. The fourth-order valence-electron chi connectivity index (χ4n) is 2.34. The van der Waals surface area contributed by atoms with E-state index in [2.05, 4.69) is 19.9 Å². The number of aromatic hydroxyl groups is 1. The summed E-state index contributed by atoms with van der Waals surface area (Å²) in [5.74, 6) is 1.28. The molecule has 1 N–H and O–H groups in total. The maximum Gasteiger partial charge on any atom is 0.118 e. The molecule has 0 aliphatic carbocycles. The third-order valence-electron chi connectivity index (χ3n) is 3.64. The highest BCUT2D eigenvalue weighted by atomic mass is 16.3. The van der Waals surface area contributed by atoms with Gasteiger partial charge in [-0.15, -0.1) is 0 Å². The average molecular weight is 248 g/mol. The first kappa shape index (κ1) is 15.1. The summed E-state index contributed by atoms with van der Waals surface area (Å²) in [6.07, 6.45) is 9.12. The number of benzene rings is 1. The van der Waals surface area contributed by atoms with Crippen molar-refractivity contribution in [3.63, 3.8) is 0 Å². The fourth-order valence-corrected chi connectivity index (χ4v) is 2.34. The smallest absolute Gasteiger partial charge is 0.118 e. The van der Waals surface area contributed by atoms with Crippen LogP contribution in [0.2, 0.25) is 0 Å². The lowest BCUT2D eigenvalue weighted by atomic mass is 9.99. The SMILES string of the molecule is Cc1c(O)cccc1CCCCCCCC(C)C. The number of rotatable bonds is 8. The van der Waals surface area contributed by atoms with Gasteiger partial charge < -0.3 is 5.11 Å². The van der Waals surface area contributed by atoms with E-state index >= 15 is 0 Å². The Morgan fingerprint density at radius 3 is 2.39 bits per heavy atom. The van der Waals surface area contributed by atoms with Gasteiger partial charge in [0.2, 0.25) is 0 Å². The largest absolute Gasteiger partial charge is 0.508 e. The van der Waals surface area contributed by atoms with E-state index in [1.54, 1.807) is 6.07 Å². The predicted molar refractivity (Wildman–Crippen MR) is 79.1 cm³/mol. The van der Waals surface area contributed by atoms with Gasteiger partial charge in [0.15, 0.2) is 0 Å². The quantitative estimate of drug-likeness (QED) is 0.624. The molecule has 102 valence electrons. The van der Waals surface area contributed by atoms with Crippen molar-refractivity contribution in [2.45, 2.75) is 65.7 Å². The molecule has 1 heteroatoms. The lowest BCUT2D eigenvalue weighted by Gasteiger charge is -2.07. The summed E-state index contributed by atoms with van der Waals surface area (Å²) in [4.78, 5) is 0. The van der Waals surface area contributed by atoms with Crippen molar-refractivity contribution in [3.8, 4) is 5.75 Å². The van der Waals surface area contributed by atoms with Crippen LogP contribution in [0.4, 0.5) is 0 Å². The van der Waals surface area contributed by atoms with E-state index in [1.165, 1.54) is 44.1 Å². The van der Waals surface area contributed by atoms with Crippen LogP contribution in [-0.2, 0) is 6.42 Å². The zero-order chi connectivity index (χ0) is 13.4. The Bertz CT molecular complexity index is 341. The van der Waals surface area contributed by atoms with E-state index in [4.69, 9.17) is 0 Å². The third kappa shape index (κ3) is 5.57. The number of unbranched alkanes of at least 4 members (excludes halogenated alkanes) is 4. The van der Waals surface area contributed by atoms with Crippen molar-refractivity contribution >= 4 is 0 Å². The molecule has 18 heavy (non-hydrogen) atoms. The molecule has 0 saturated carbocycles. The van der Waals surface area contributed by atoms with E-state index < -0.39 is 0 Å². The molecular formula is C17H28O. The van der Waals surface area contributed by atoms with E-state index in [0.717, 1.165) is 17.9 Å². The minimum Gasteiger partial charge on any atom is -0.508 e. The lowest BCUT2D eigenvalue weighted by molar-refractivity contribution is 0.469. The second-order valence-electron chi connectivity index (χ2n) is 5.76. The lowest BCUT2D eigenvalue weighted by Crippen LogP contribution is -1.91. The number of phenols is 1. The molecule has 0 aliphatic heterocycles. The normalized spacial score (nSPS) is 11.1. The van der Waals surface area contributed by atoms with Crippen LogP contribution in [0.25, 0.3) is 0 Å². The van der Waals surface area contributed by atoms with Crippen LogP contribution in [0, 0.1) is 12.8 Å². The molecule has 0 amide bonds. The molecule has 0 unspecified atom stereocenters. The van der Waals surface area contributed by atoms with Crippen molar-refractivity contribution in [2.24, 2.45) is 5.92 Å². The number of hydrogen-bond acceptors (Lipinski definition) is 1. The molecule has 0 aliphatic rings. The Balaban J connectivity index is 2.13. The summed E-state index contributed by atoms with van der Waals surface area (Å²) in [5, 5.41) is 9.62. The van der Waals surface area contributed by atoms with Crippen molar-refractivity contribution in [2.75, 3.05) is 0 Å². The molecule has 0 radical (unpaired) electrons. The highest BCUT2D eigenvalue weighted by Crippen LogP contribution is 2.21. The first-order valence-corrected chi connectivity index (χ1v) is 7.38. The van der Waals surface area contributed by atoms with Crippen molar-refractivity contribution in [1.29, 1.82) is 0 Å². The molecule has 1 aromatic rings. The zero-order valence-electron chi connectivity index (χ0n) is 12.2. The van der Waals surface area contributed by atoms with Crippen molar-refractivity contribution in [3.05, 3.63) is 29.3 Å². The van der Waals surface area contributed by atoms with E-state index in [9.17, 15) is 5.11 Å². The second-order valence-corrected chi connectivity index (χ2v) is 5.76. The Morgan fingerprint density at radius 1 is 1.00 bits per heavy atom. The van der Waals surface area contributed by atoms with Gasteiger partial charge >= 0.3 is 0 Å². The second kappa shape index (κ2) is 8.18. The van der Waals surface area contributed by atoms with Gasteiger partial charge in [0, 0.05) is 0 Å². The monoisotopic (exact) mass is 248 g/mol.